The van der Waals surface area contributed by atoms with Gasteiger partial charge in [0.2, 0.25) is 0 Å². The molecule has 0 radical (unpaired) electrons. The number of hydrogen-bond donors (Lipinski definition) is 1. The molecule has 0 aliphatic carbocycles. The van der Waals surface area contributed by atoms with Crippen LogP contribution in [0.3, 0.4) is 0 Å². The quantitative estimate of drug-likeness (QED) is 0.781. The average molecular weight is 316 g/mol. The Hall–Kier alpha value is -1.65. The molecule has 3 rings (SSSR count). The summed E-state index contributed by atoms with van der Waals surface area (Å²) in [4.78, 5) is 0. The molecule has 1 heterocycles. The fourth-order valence-corrected chi connectivity index (χ4v) is 2.71. The fourth-order valence-electron chi connectivity index (χ4n) is 2.14. The predicted molar refractivity (Wildman–Crippen MR) is 81.4 cm³/mol. The van der Waals surface area contributed by atoms with E-state index >= 15 is 0 Å². The third-order valence-electron chi connectivity index (χ3n) is 3.20. The van der Waals surface area contributed by atoms with Gasteiger partial charge in [-0.05, 0) is 46.6 Å². The van der Waals surface area contributed by atoms with Gasteiger partial charge in [0, 0.05) is 15.9 Å². The van der Waals surface area contributed by atoms with Crippen LogP contribution in [-0.4, -0.2) is 9.78 Å². The van der Waals surface area contributed by atoms with Crippen molar-refractivity contribution in [1.29, 1.82) is 0 Å². The van der Waals surface area contributed by atoms with Gasteiger partial charge in [-0.15, -0.1) is 0 Å². The maximum absolute atomic E-state index is 5.90. The molecule has 1 aromatic heterocycles. The highest BCUT2D eigenvalue weighted by Gasteiger charge is 2.09. The molecule has 0 amide bonds. The minimum atomic E-state index is 0.0275. The second kappa shape index (κ2) is 4.79. The SMILES string of the molecule is C[C@H](N)c1ccc(-n2ncc3ccccc32)c(Br)c1. The van der Waals surface area contributed by atoms with Crippen molar-refractivity contribution in [2.45, 2.75) is 13.0 Å². The minimum absolute atomic E-state index is 0.0275. The number of benzene rings is 2. The van der Waals surface area contributed by atoms with Gasteiger partial charge in [-0.3, -0.25) is 0 Å². The van der Waals surface area contributed by atoms with Crippen LogP contribution >= 0.6 is 15.9 Å². The number of halogens is 1. The van der Waals surface area contributed by atoms with Crippen molar-refractivity contribution < 1.29 is 0 Å². The van der Waals surface area contributed by atoms with E-state index in [1.807, 2.05) is 42.1 Å². The second-order valence-electron chi connectivity index (χ2n) is 4.61. The van der Waals surface area contributed by atoms with Gasteiger partial charge in [-0.25, -0.2) is 4.68 Å². The van der Waals surface area contributed by atoms with Gasteiger partial charge in [0.15, 0.2) is 0 Å². The first-order valence-electron chi connectivity index (χ1n) is 6.15. The summed E-state index contributed by atoms with van der Waals surface area (Å²) in [6.07, 6.45) is 1.88. The van der Waals surface area contributed by atoms with E-state index in [2.05, 4.69) is 39.2 Å². The van der Waals surface area contributed by atoms with Crippen LogP contribution in [0, 0.1) is 0 Å². The average Bonchev–Trinajstić information content (AvgIpc) is 2.82. The topological polar surface area (TPSA) is 43.8 Å². The molecule has 2 N–H and O–H groups in total. The van der Waals surface area contributed by atoms with Crippen LogP contribution < -0.4 is 5.73 Å². The Morgan fingerprint density at radius 2 is 2.00 bits per heavy atom. The molecule has 19 heavy (non-hydrogen) atoms. The number of hydrogen-bond acceptors (Lipinski definition) is 2. The van der Waals surface area contributed by atoms with Crippen molar-refractivity contribution in [3.05, 3.63) is 58.7 Å². The molecular formula is C15H14BrN3. The molecule has 0 bridgehead atoms. The Labute approximate surface area is 120 Å². The lowest BCUT2D eigenvalue weighted by atomic mass is 10.1. The molecule has 0 saturated heterocycles. The van der Waals surface area contributed by atoms with Gasteiger partial charge in [0.05, 0.1) is 17.4 Å². The van der Waals surface area contributed by atoms with Crippen molar-refractivity contribution in [1.82, 2.24) is 9.78 Å². The minimum Gasteiger partial charge on any atom is -0.324 e. The fraction of sp³-hybridized carbons (Fsp3) is 0.133. The maximum atomic E-state index is 5.90. The molecular weight excluding hydrogens is 302 g/mol. The smallest absolute Gasteiger partial charge is 0.0795 e. The van der Waals surface area contributed by atoms with E-state index in [0.717, 1.165) is 26.6 Å². The zero-order valence-electron chi connectivity index (χ0n) is 10.5. The van der Waals surface area contributed by atoms with Crippen LogP contribution in [0.25, 0.3) is 16.6 Å². The van der Waals surface area contributed by atoms with Crippen LogP contribution in [0.15, 0.2) is 53.1 Å². The lowest BCUT2D eigenvalue weighted by Crippen LogP contribution is -2.06. The van der Waals surface area contributed by atoms with Gasteiger partial charge >= 0.3 is 0 Å². The standard InChI is InChI=1S/C15H14BrN3/c1-10(17)11-6-7-15(13(16)8-11)19-14-5-3-2-4-12(14)9-18-19/h2-10H,17H2,1H3/t10-/m0/s1. The van der Waals surface area contributed by atoms with Crippen molar-refractivity contribution in [3.63, 3.8) is 0 Å². The normalized spacial score (nSPS) is 12.8. The Balaban J connectivity index is 2.17. The number of aromatic nitrogens is 2. The largest absolute Gasteiger partial charge is 0.324 e. The van der Waals surface area contributed by atoms with Crippen molar-refractivity contribution in [2.75, 3.05) is 0 Å². The van der Waals surface area contributed by atoms with E-state index in [1.165, 1.54) is 0 Å². The molecule has 0 aliphatic rings. The van der Waals surface area contributed by atoms with E-state index in [0.29, 0.717) is 0 Å². The third-order valence-corrected chi connectivity index (χ3v) is 3.84. The summed E-state index contributed by atoms with van der Waals surface area (Å²) >= 11 is 3.61. The van der Waals surface area contributed by atoms with Gasteiger partial charge < -0.3 is 5.73 Å². The summed E-state index contributed by atoms with van der Waals surface area (Å²) in [5, 5.41) is 5.59. The van der Waals surface area contributed by atoms with Crippen molar-refractivity contribution >= 4 is 26.8 Å². The van der Waals surface area contributed by atoms with Crippen LogP contribution in [0.1, 0.15) is 18.5 Å². The number of rotatable bonds is 2. The van der Waals surface area contributed by atoms with Crippen LogP contribution in [0.5, 0.6) is 0 Å². The van der Waals surface area contributed by atoms with E-state index in [9.17, 15) is 0 Å². The first-order chi connectivity index (χ1) is 9.16. The molecule has 0 saturated carbocycles. The molecule has 0 fully saturated rings. The summed E-state index contributed by atoms with van der Waals surface area (Å²) < 4.78 is 2.93. The second-order valence-corrected chi connectivity index (χ2v) is 5.47. The molecule has 3 aromatic rings. The molecule has 0 unspecified atom stereocenters. The molecule has 1 atom stereocenters. The molecule has 0 spiro atoms. The predicted octanol–water partition coefficient (Wildman–Crippen LogP) is 3.81. The highest BCUT2D eigenvalue weighted by Crippen LogP contribution is 2.27. The highest BCUT2D eigenvalue weighted by atomic mass is 79.9. The number of nitrogens with two attached hydrogens (primary N) is 1. The molecule has 0 aliphatic heterocycles. The zero-order valence-corrected chi connectivity index (χ0v) is 12.1. The van der Waals surface area contributed by atoms with Gasteiger partial charge in [0.25, 0.3) is 0 Å². The van der Waals surface area contributed by atoms with Crippen LogP contribution in [-0.2, 0) is 0 Å². The first kappa shape index (κ1) is 12.4. The summed E-state index contributed by atoms with van der Waals surface area (Å²) in [6, 6.07) is 14.3. The molecule has 3 nitrogen and oxygen atoms in total. The molecule has 2 aromatic carbocycles. The zero-order chi connectivity index (χ0) is 13.4. The number of nitrogens with zero attached hydrogens (tertiary/aromatic N) is 2. The van der Waals surface area contributed by atoms with Gasteiger partial charge in [-0.2, -0.15) is 5.10 Å². The third kappa shape index (κ3) is 2.17. The van der Waals surface area contributed by atoms with Crippen LogP contribution in [0.4, 0.5) is 0 Å². The van der Waals surface area contributed by atoms with Crippen molar-refractivity contribution in [2.24, 2.45) is 5.73 Å². The Morgan fingerprint density at radius 3 is 2.74 bits per heavy atom. The van der Waals surface area contributed by atoms with E-state index < -0.39 is 0 Å². The Bertz CT molecular complexity index is 731. The van der Waals surface area contributed by atoms with Crippen LogP contribution in [0.2, 0.25) is 0 Å². The monoisotopic (exact) mass is 315 g/mol. The Morgan fingerprint density at radius 1 is 1.21 bits per heavy atom. The summed E-state index contributed by atoms with van der Waals surface area (Å²) in [6.45, 7) is 1.98. The van der Waals surface area contributed by atoms with Gasteiger partial charge in [0.1, 0.15) is 0 Å². The summed E-state index contributed by atoms with van der Waals surface area (Å²) in [5.74, 6) is 0. The number of para-hydroxylation sites is 1. The lowest BCUT2D eigenvalue weighted by molar-refractivity contribution is 0.814. The molecule has 96 valence electrons. The van der Waals surface area contributed by atoms with E-state index in [4.69, 9.17) is 5.73 Å². The summed E-state index contributed by atoms with van der Waals surface area (Å²) in [5.41, 5.74) is 9.12. The van der Waals surface area contributed by atoms with E-state index in [-0.39, 0.29) is 6.04 Å². The van der Waals surface area contributed by atoms with Crippen molar-refractivity contribution in [3.8, 4) is 5.69 Å². The van der Waals surface area contributed by atoms with Gasteiger partial charge in [-0.1, -0.05) is 24.3 Å². The number of fused-ring (bicyclic) bond motifs is 1. The Kier molecular flexibility index (Phi) is 3.12. The maximum Gasteiger partial charge on any atom is 0.0795 e. The molecule has 4 heteroatoms. The first-order valence-corrected chi connectivity index (χ1v) is 6.94. The highest BCUT2D eigenvalue weighted by molar-refractivity contribution is 9.10. The van der Waals surface area contributed by atoms with E-state index in [1.54, 1.807) is 0 Å². The summed E-state index contributed by atoms with van der Waals surface area (Å²) in [7, 11) is 0. The lowest BCUT2D eigenvalue weighted by Gasteiger charge is -2.10.